The van der Waals surface area contributed by atoms with Crippen molar-refractivity contribution in [3.05, 3.63) is 29.9 Å². The third-order valence-corrected chi connectivity index (χ3v) is 1.40. The second-order valence-corrected chi connectivity index (χ2v) is 2.07. The zero-order valence-electron chi connectivity index (χ0n) is 5.33. The highest BCUT2D eigenvalue weighted by molar-refractivity contribution is 5.63. The van der Waals surface area contributed by atoms with Gasteiger partial charge in [-0.2, -0.15) is 5.10 Å². The molecule has 3 heteroatoms. The van der Waals surface area contributed by atoms with E-state index < -0.39 is 0 Å². The van der Waals surface area contributed by atoms with E-state index in [1.807, 2.05) is 24.6 Å². The molecule has 1 aliphatic rings. The summed E-state index contributed by atoms with van der Waals surface area (Å²) in [6.45, 7) is 0. The maximum Gasteiger partial charge on any atom is 0.0665 e. The molecule has 1 aromatic rings. The molecule has 3 nitrogen and oxygen atoms in total. The number of aromatic amines is 1. The minimum absolute atomic E-state index is 1.04. The maximum absolute atomic E-state index is 3.89. The highest BCUT2D eigenvalue weighted by Gasteiger charge is 1.97. The Morgan fingerprint density at radius 1 is 1.20 bits per heavy atom. The summed E-state index contributed by atoms with van der Waals surface area (Å²) >= 11 is 0. The Kier molecular flexibility index (Phi) is 1.07. The molecule has 1 aromatic heterocycles. The maximum atomic E-state index is 3.89. The quantitative estimate of drug-likeness (QED) is 0.553. The lowest BCUT2D eigenvalue weighted by molar-refractivity contribution is 1.08. The van der Waals surface area contributed by atoms with Gasteiger partial charge in [-0.05, 0) is 12.2 Å². The van der Waals surface area contributed by atoms with Crippen LogP contribution in [-0.2, 0) is 0 Å². The summed E-state index contributed by atoms with van der Waals surface area (Å²) in [5, 5.41) is 9.73. The zero-order chi connectivity index (χ0) is 6.81. The van der Waals surface area contributed by atoms with Crippen LogP contribution < -0.4 is 5.32 Å². The van der Waals surface area contributed by atoms with E-state index >= 15 is 0 Å². The number of hydrogen-bond donors (Lipinski definition) is 2. The molecule has 0 saturated heterocycles. The molecule has 2 N–H and O–H groups in total. The molecular formula is C7H7N3. The molecule has 0 fully saturated rings. The first-order valence-corrected chi connectivity index (χ1v) is 3.09. The normalized spacial score (nSPS) is 14.0. The standard InChI is InChI=1S/C7H7N3/c1-3-8-4-2-7-6(1)5-9-10-7/h1-5,8H,(H,9,10). The summed E-state index contributed by atoms with van der Waals surface area (Å²) in [5.41, 5.74) is 2.16. The van der Waals surface area contributed by atoms with E-state index in [2.05, 4.69) is 15.5 Å². The van der Waals surface area contributed by atoms with Gasteiger partial charge in [0.1, 0.15) is 0 Å². The molecule has 0 saturated carbocycles. The van der Waals surface area contributed by atoms with Gasteiger partial charge in [0.25, 0.3) is 0 Å². The minimum Gasteiger partial charge on any atom is -0.368 e. The molecule has 2 heterocycles. The third kappa shape index (κ3) is 0.719. The van der Waals surface area contributed by atoms with Crippen LogP contribution in [0.2, 0.25) is 0 Å². The summed E-state index contributed by atoms with van der Waals surface area (Å²) in [6.07, 6.45) is 9.45. The van der Waals surface area contributed by atoms with Crippen molar-refractivity contribution in [1.82, 2.24) is 15.5 Å². The van der Waals surface area contributed by atoms with Crippen molar-refractivity contribution in [1.29, 1.82) is 0 Å². The van der Waals surface area contributed by atoms with E-state index in [9.17, 15) is 0 Å². The molecule has 0 atom stereocenters. The van der Waals surface area contributed by atoms with E-state index in [0.29, 0.717) is 0 Å². The number of hydrogen-bond acceptors (Lipinski definition) is 2. The van der Waals surface area contributed by atoms with Gasteiger partial charge in [-0.15, -0.1) is 0 Å². The highest BCUT2D eigenvalue weighted by atomic mass is 15.1. The number of H-pyrrole nitrogens is 1. The van der Waals surface area contributed by atoms with Crippen LogP contribution in [0.4, 0.5) is 0 Å². The largest absolute Gasteiger partial charge is 0.368 e. The number of nitrogens with one attached hydrogen (secondary N) is 2. The molecule has 10 heavy (non-hydrogen) atoms. The first-order chi connectivity index (χ1) is 4.97. The van der Waals surface area contributed by atoms with Crippen LogP contribution in [-0.4, -0.2) is 10.2 Å². The van der Waals surface area contributed by atoms with Gasteiger partial charge >= 0.3 is 0 Å². The van der Waals surface area contributed by atoms with Crippen LogP contribution in [0.25, 0.3) is 12.2 Å². The van der Waals surface area contributed by atoms with Crippen LogP contribution in [0.1, 0.15) is 11.3 Å². The lowest BCUT2D eigenvalue weighted by Gasteiger charge is -1.83. The molecule has 0 aromatic carbocycles. The highest BCUT2D eigenvalue weighted by Crippen LogP contribution is 2.09. The molecule has 0 radical (unpaired) electrons. The summed E-state index contributed by atoms with van der Waals surface area (Å²) in [7, 11) is 0. The van der Waals surface area contributed by atoms with Gasteiger partial charge in [-0.3, -0.25) is 5.10 Å². The second-order valence-electron chi connectivity index (χ2n) is 2.07. The summed E-state index contributed by atoms with van der Waals surface area (Å²) in [6, 6.07) is 0. The third-order valence-electron chi connectivity index (χ3n) is 1.40. The van der Waals surface area contributed by atoms with Crippen molar-refractivity contribution in [3.63, 3.8) is 0 Å². The van der Waals surface area contributed by atoms with E-state index in [1.54, 1.807) is 6.20 Å². The fourth-order valence-electron chi connectivity index (χ4n) is 0.897. The Hall–Kier alpha value is -1.51. The van der Waals surface area contributed by atoms with Crippen LogP contribution in [0.3, 0.4) is 0 Å². The van der Waals surface area contributed by atoms with E-state index in [1.165, 1.54) is 0 Å². The predicted octanol–water partition coefficient (Wildman–Crippen LogP) is 0.954. The fourth-order valence-corrected chi connectivity index (χ4v) is 0.897. The topological polar surface area (TPSA) is 40.7 Å². The first-order valence-electron chi connectivity index (χ1n) is 3.09. The Morgan fingerprint density at radius 3 is 3.10 bits per heavy atom. The molecule has 0 amide bonds. The predicted molar refractivity (Wildman–Crippen MR) is 39.8 cm³/mol. The zero-order valence-corrected chi connectivity index (χ0v) is 5.33. The number of nitrogens with zero attached hydrogens (tertiary/aromatic N) is 1. The van der Waals surface area contributed by atoms with Crippen molar-refractivity contribution < 1.29 is 0 Å². The average Bonchev–Trinajstić information content (AvgIpc) is 2.28. The minimum atomic E-state index is 1.04. The molecule has 0 aliphatic carbocycles. The lowest BCUT2D eigenvalue weighted by Crippen LogP contribution is -1.87. The van der Waals surface area contributed by atoms with E-state index in [4.69, 9.17) is 0 Å². The molecule has 2 rings (SSSR count). The average molecular weight is 133 g/mol. The van der Waals surface area contributed by atoms with Gasteiger partial charge < -0.3 is 5.32 Å². The van der Waals surface area contributed by atoms with Crippen molar-refractivity contribution in [2.45, 2.75) is 0 Å². The van der Waals surface area contributed by atoms with Crippen molar-refractivity contribution in [2.75, 3.05) is 0 Å². The smallest absolute Gasteiger partial charge is 0.0665 e. The Labute approximate surface area is 58.5 Å². The van der Waals surface area contributed by atoms with Gasteiger partial charge in [-0.25, -0.2) is 0 Å². The van der Waals surface area contributed by atoms with Gasteiger partial charge in [0.2, 0.25) is 0 Å². The SMILES string of the molecule is C1=Cc2cn[nH]c2C=CN1. The van der Waals surface area contributed by atoms with Crippen LogP contribution in [0, 0.1) is 0 Å². The van der Waals surface area contributed by atoms with Crippen molar-refractivity contribution in [3.8, 4) is 0 Å². The number of rotatable bonds is 0. The Morgan fingerprint density at radius 2 is 2.10 bits per heavy atom. The fraction of sp³-hybridized carbons (Fsp3) is 0. The van der Waals surface area contributed by atoms with Crippen LogP contribution >= 0.6 is 0 Å². The van der Waals surface area contributed by atoms with Crippen molar-refractivity contribution >= 4 is 12.2 Å². The second kappa shape index (κ2) is 2.02. The van der Waals surface area contributed by atoms with Gasteiger partial charge in [0.15, 0.2) is 0 Å². The van der Waals surface area contributed by atoms with Gasteiger partial charge in [0, 0.05) is 18.0 Å². The molecule has 1 aliphatic heterocycles. The molecule has 50 valence electrons. The summed E-state index contributed by atoms with van der Waals surface area (Å²) in [4.78, 5) is 0. The molecule has 0 spiro atoms. The van der Waals surface area contributed by atoms with Crippen molar-refractivity contribution in [2.24, 2.45) is 0 Å². The first kappa shape index (κ1) is 5.29. The number of aromatic nitrogens is 2. The molecular weight excluding hydrogens is 126 g/mol. The van der Waals surface area contributed by atoms with Gasteiger partial charge in [-0.1, -0.05) is 0 Å². The number of fused-ring (bicyclic) bond motifs is 1. The van der Waals surface area contributed by atoms with E-state index in [-0.39, 0.29) is 0 Å². The Bertz CT molecular complexity index is 256. The van der Waals surface area contributed by atoms with E-state index in [0.717, 1.165) is 11.3 Å². The Balaban J connectivity index is 2.56. The monoisotopic (exact) mass is 133 g/mol. The molecule has 0 unspecified atom stereocenters. The summed E-state index contributed by atoms with van der Waals surface area (Å²) < 4.78 is 0. The van der Waals surface area contributed by atoms with Crippen LogP contribution in [0.5, 0.6) is 0 Å². The lowest BCUT2D eigenvalue weighted by atomic mass is 10.2. The molecule has 0 bridgehead atoms. The van der Waals surface area contributed by atoms with Gasteiger partial charge in [0.05, 0.1) is 11.9 Å². The summed E-state index contributed by atoms with van der Waals surface area (Å²) in [5.74, 6) is 0. The van der Waals surface area contributed by atoms with Crippen LogP contribution in [0.15, 0.2) is 18.6 Å².